The third kappa shape index (κ3) is 10.7. The summed E-state index contributed by atoms with van der Waals surface area (Å²) in [5, 5.41) is 7.79. The molecule has 0 aliphatic rings. The van der Waals surface area contributed by atoms with E-state index in [-0.39, 0.29) is 19.5 Å². The smallest absolute Gasteiger partial charge is 0.304 e. The van der Waals surface area contributed by atoms with E-state index in [1.165, 1.54) is 6.92 Å². The van der Waals surface area contributed by atoms with Crippen molar-refractivity contribution >= 4 is 5.97 Å². The minimum Gasteiger partial charge on any atom is -0.439 e. The van der Waals surface area contributed by atoms with Gasteiger partial charge in [-0.25, -0.2) is 0 Å². The standard InChI is InChI=1S/C3H6O3.Zn/c1-3(5)6-2-4;/h4H,2H2,1H3;. The molecule has 7 heavy (non-hydrogen) atoms. The van der Waals surface area contributed by atoms with Gasteiger partial charge in [0.1, 0.15) is 0 Å². The summed E-state index contributed by atoms with van der Waals surface area (Å²) in [4.78, 5) is 9.66. The number of aliphatic hydroxyl groups is 1. The van der Waals surface area contributed by atoms with Crippen LogP contribution in [-0.4, -0.2) is 17.9 Å². The summed E-state index contributed by atoms with van der Waals surface area (Å²) in [5.74, 6) is -0.461. The van der Waals surface area contributed by atoms with Crippen LogP contribution in [0.2, 0.25) is 0 Å². The molecule has 0 unspecified atom stereocenters. The van der Waals surface area contributed by atoms with Crippen LogP contribution in [0.5, 0.6) is 0 Å². The fraction of sp³-hybridized carbons (Fsp3) is 0.667. The van der Waals surface area contributed by atoms with E-state index in [0.717, 1.165) is 0 Å². The van der Waals surface area contributed by atoms with Crippen LogP contribution in [0.15, 0.2) is 0 Å². The fourth-order valence-electron chi connectivity index (χ4n) is 0.0909. The molecule has 0 aliphatic heterocycles. The maximum Gasteiger partial charge on any atom is 0.304 e. The Hall–Kier alpha value is 0.0534. The molecular weight excluding hydrogens is 149 g/mol. The van der Waals surface area contributed by atoms with Gasteiger partial charge in [0.25, 0.3) is 0 Å². The van der Waals surface area contributed by atoms with E-state index in [2.05, 4.69) is 4.74 Å². The number of ether oxygens (including phenoxy) is 1. The number of carbonyl (C=O) groups excluding carboxylic acids is 1. The average Bonchev–Trinajstić information content (AvgIpc) is 1.35. The van der Waals surface area contributed by atoms with Gasteiger partial charge in [-0.1, -0.05) is 0 Å². The topological polar surface area (TPSA) is 46.5 Å². The second-order valence-electron chi connectivity index (χ2n) is 0.765. The van der Waals surface area contributed by atoms with E-state index < -0.39 is 12.8 Å². The van der Waals surface area contributed by atoms with E-state index in [4.69, 9.17) is 5.11 Å². The third-order valence-corrected chi connectivity index (χ3v) is 0.268. The molecule has 4 heteroatoms. The minimum atomic E-state index is -0.519. The molecule has 0 saturated heterocycles. The van der Waals surface area contributed by atoms with E-state index >= 15 is 0 Å². The monoisotopic (exact) mass is 154 g/mol. The predicted octanol–water partition coefficient (Wildman–Crippen LogP) is -0.503. The molecule has 0 fully saturated rings. The summed E-state index contributed by atoms with van der Waals surface area (Å²) < 4.78 is 3.96. The summed E-state index contributed by atoms with van der Waals surface area (Å²) in [6, 6.07) is 0. The van der Waals surface area contributed by atoms with Gasteiger partial charge in [0.05, 0.1) is 0 Å². The first kappa shape index (κ1) is 10.1. The number of carbonyl (C=O) groups is 1. The maximum atomic E-state index is 9.66. The molecule has 0 bridgehead atoms. The Morgan fingerprint density at radius 1 is 1.86 bits per heavy atom. The minimum absolute atomic E-state index is 0. The van der Waals surface area contributed by atoms with E-state index in [1.54, 1.807) is 0 Å². The molecular formula is C3H6O3Zn. The van der Waals surface area contributed by atoms with Crippen LogP contribution in [0, 0.1) is 0 Å². The summed E-state index contributed by atoms with van der Waals surface area (Å²) in [6.07, 6.45) is 0. The summed E-state index contributed by atoms with van der Waals surface area (Å²) >= 11 is 0. The Morgan fingerprint density at radius 2 is 2.29 bits per heavy atom. The molecule has 0 spiro atoms. The van der Waals surface area contributed by atoms with Gasteiger partial charge in [-0.3, -0.25) is 4.79 Å². The molecule has 0 amide bonds. The van der Waals surface area contributed by atoms with Crippen molar-refractivity contribution in [3.63, 3.8) is 0 Å². The van der Waals surface area contributed by atoms with E-state index in [9.17, 15) is 4.79 Å². The van der Waals surface area contributed by atoms with Crippen LogP contribution in [0.1, 0.15) is 6.92 Å². The molecule has 0 aromatic heterocycles. The van der Waals surface area contributed by atoms with Gasteiger partial charge in [-0.05, 0) is 0 Å². The van der Waals surface area contributed by atoms with E-state index in [0.29, 0.717) is 0 Å². The van der Waals surface area contributed by atoms with E-state index in [1.807, 2.05) is 0 Å². The zero-order chi connectivity index (χ0) is 4.99. The van der Waals surface area contributed by atoms with Crippen molar-refractivity contribution in [3.05, 3.63) is 0 Å². The molecule has 38 valence electrons. The molecule has 0 saturated carbocycles. The van der Waals surface area contributed by atoms with Crippen molar-refractivity contribution in [1.29, 1.82) is 0 Å². The normalized spacial score (nSPS) is 6.57. The van der Waals surface area contributed by atoms with Crippen molar-refractivity contribution in [2.24, 2.45) is 0 Å². The van der Waals surface area contributed by atoms with Crippen LogP contribution in [-0.2, 0) is 29.0 Å². The predicted molar refractivity (Wildman–Crippen MR) is 18.9 cm³/mol. The van der Waals surface area contributed by atoms with Crippen molar-refractivity contribution in [2.45, 2.75) is 6.92 Å². The quantitative estimate of drug-likeness (QED) is 0.315. The van der Waals surface area contributed by atoms with Gasteiger partial charge in [-0.2, -0.15) is 0 Å². The van der Waals surface area contributed by atoms with Crippen LogP contribution >= 0.6 is 0 Å². The van der Waals surface area contributed by atoms with Gasteiger partial charge < -0.3 is 9.84 Å². The number of hydrogen-bond donors (Lipinski definition) is 1. The van der Waals surface area contributed by atoms with Crippen LogP contribution < -0.4 is 0 Å². The van der Waals surface area contributed by atoms with Crippen LogP contribution in [0.3, 0.4) is 0 Å². The first-order valence-electron chi connectivity index (χ1n) is 1.51. The first-order valence-corrected chi connectivity index (χ1v) is 1.51. The molecule has 0 aromatic carbocycles. The van der Waals surface area contributed by atoms with Crippen molar-refractivity contribution in [2.75, 3.05) is 6.79 Å². The zero-order valence-electron chi connectivity index (χ0n) is 4.18. The molecule has 0 heterocycles. The average molecular weight is 155 g/mol. The van der Waals surface area contributed by atoms with Crippen molar-refractivity contribution in [3.8, 4) is 0 Å². The Balaban J connectivity index is 0. The van der Waals surface area contributed by atoms with Gasteiger partial charge in [0, 0.05) is 26.4 Å². The Bertz CT molecular complexity index is 54.1. The Labute approximate surface area is 54.4 Å². The first-order chi connectivity index (χ1) is 2.77. The summed E-state index contributed by atoms with van der Waals surface area (Å²) in [6.45, 7) is 0.714. The SMILES string of the molecule is CC(=O)OCO.[Zn]. The molecule has 1 N–H and O–H groups in total. The molecule has 3 nitrogen and oxygen atoms in total. The maximum absolute atomic E-state index is 9.66. The number of aliphatic hydroxyl groups excluding tert-OH is 1. The second-order valence-corrected chi connectivity index (χ2v) is 0.765. The fourth-order valence-corrected chi connectivity index (χ4v) is 0.0909. The van der Waals surface area contributed by atoms with Gasteiger partial charge in [-0.15, -0.1) is 0 Å². The van der Waals surface area contributed by atoms with Gasteiger partial charge in [0.15, 0.2) is 6.79 Å². The van der Waals surface area contributed by atoms with Crippen molar-refractivity contribution < 1.29 is 34.1 Å². The Morgan fingerprint density at radius 3 is 2.29 bits per heavy atom. The second kappa shape index (κ2) is 6.05. The molecule has 0 aromatic rings. The largest absolute Gasteiger partial charge is 0.439 e. The molecule has 0 atom stereocenters. The summed E-state index contributed by atoms with van der Waals surface area (Å²) in [5.41, 5.74) is 0. The molecule has 0 radical (unpaired) electrons. The Kier molecular flexibility index (Phi) is 8.75. The van der Waals surface area contributed by atoms with Gasteiger partial charge in [0.2, 0.25) is 0 Å². The molecule has 0 rings (SSSR count). The van der Waals surface area contributed by atoms with Crippen LogP contribution in [0.25, 0.3) is 0 Å². The zero-order valence-corrected chi connectivity index (χ0v) is 7.15. The molecule has 0 aliphatic carbocycles. The number of rotatable bonds is 1. The summed E-state index contributed by atoms with van der Waals surface area (Å²) in [7, 11) is 0. The van der Waals surface area contributed by atoms with Gasteiger partial charge >= 0.3 is 5.97 Å². The third-order valence-electron chi connectivity index (χ3n) is 0.268. The van der Waals surface area contributed by atoms with Crippen LogP contribution in [0.4, 0.5) is 0 Å². The number of esters is 1. The number of hydrogen-bond acceptors (Lipinski definition) is 3. The van der Waals surface area contributed by atoms with Crippen molar-refractivity contribution in [1.82, 2.24) is 0 Å².